The molecule has 3 aliphatic rings. The Kier molecular flexibility index (Phi) is 4.36. The normalized spacial score (nSPS) is 30.1. The zero-order chi connectivity index (χ0) is 15.7. The van der Waals surface area contributed by atoms with E-state index < -0.39 is 11.9 Å². The van der Waals surface area contributed by atoms with E-state index in [4.69, 9.17) is 5.11 Å². The molecule has 1 saturated carbocycles. The first kappa shape index (κ1) is 15.3. The van der Waals surface area contributed by atoms with Gasteiger partial charge in [-0.05, 0) is 25.7 Å². The Morgan fingerprint density at radius 2 is 1.73 bits per heavy atom. The van der Waals surface area contributed by atoms with E-state index in [2.05, 4.69) is 0 Å². The minimum atomic E-state index is -0.826. The van der Waals surface area contributed by atoms with Crippen molar-refractivity contribution in [1.82, 2.24) is 9.80 Å². The van der Waals surface area contributed by atoms with Crippen LogP contribution in [0.4, 0.5) is 0 Å². The summed E-state index contributed by atoms with van der Waals surface area (Å²) < 4.78 is 0. The van der Waals surface area contributed by atoms with Gasteiger partial charge in [0.15, 0.2) is 0 Å². The van der Waals surface area contributed by atoms with Gasteiger partial charge in [0.25, 0.3) is 0 Å². The highest BCUT2D eigenvalue weighted by atomic mass is 16.4. The minimum Gasteiger partial charge on any atom is -0.481 e. The molecule has 6 nitrogen and oxygen atoms in total. The van der Waals surface area contributed by atoms with Crippen molar-refractivity contribution < 1.29 is 19.5 Å². The van der Waals surface area contributed by atoms with E-state index >= 15 is 0 Å². The second-order valence-corrected chi connectivity index (χ2v) is 6.85. The SMILES string of the molecule is O=C(O)[C@@H]1CCCN(C(=O)[C@@H]2CC(=O)N(C3CCCC3)C2)C1. The summed E-state index contributed by atoms with van der Waals surface area (Å²) in [6.45, 7) is 1.44. The third-order valence-electron chi connectivity index (χ3n) is 5.36. The Bertz CT molecular complexity index is 473. The van der Waals surface area contributed by atoms with E-state index in [1.165, 1.54) is 12.8 Å². The van der Waals surface area contributed by atoms with Crippen LogP contribution in [0, 0.1) is 11.8 Å². The molecule has 122 valence electrons. The zero-order valence-electron chi connectivity index (χ0n) is 12.9. The zero-order valence-corrected chi connectivity index (χ0v) is 12.9. The monoisotopic (exact) mass is 308 g/mol. The maximum Gasteiger partial charge on any atom is 0.308 e. The fourth-order valence-corrected chi connectivity index (χ4v) is 4.10. The minimum absolute atomic E-state index is 0.0280. The lowest BCUT2D eigenvalue weighted by molar-refractivity contribution is -0.146. The molecule has 0 spiro atoms. The van der Waals surface area contributed by atoms with Crippen LogP contribution in [0.2, 0.25) is 0 Å². The van der Waals surface area contributed by atoms with Crippen molar-refractivity contribution in [3.8, 4) is 0 Å². The van der Waals surface area contributed by atoms with Gasteiger partial charge in [-0.15, -0.1) is 0 Å². The molecule has 0 unspecified atom stereocenters. The number of likely N-dealkylation sites (tertiary alicyclic amines) is 2. The average Bonchev–Trinajstić information content (AvgIpc) is 3.15. The van der Waals surface area contributed by atoms with Crippen molar-refractivity contribution in [3.63, 3.8) is 0 Å². The largest absolute Gasteiger partial charge is 0.481 e. The van der Waals surface area contributed by atoms with Crippen LogP contribution in [0.25, 0.3) is 0 Å². The van der Waals surface area contributed by atoms with Crippen molar-refractivity contribution in [2.24, 2.45) is 11.8 Å². The van der Waals surface area contributed by atoms with E-state index in [9.17, 15) is 14.4 Å². The fourth-order valence-electron chi connectivity index (χ4n) is 4.10. The molecule has 2 atom stereocenters. The number of hydrogen-bond donors (Lipinski definition) is 1. The second kappa shape index (κ2) is 6.26. The number of carboxylic acids is 1. The van der Waals surface area contributed by atoms with Crippen molar-refractivity contribution >= 4 is 17.8 Å². The summed E-state index contributed by atoms with van der Waals surface area (Å²) >= 11 is 0. The molecule has 22 heavy (non-hydrogen) atoms. The van der Waals surface area contributed by atoms with E-state index in [1.807, 2.05) is 4.90 Å². The van der Waals surface area contributed by atoms with Crippen LogP contribution in [0.3, 0.4) is 0 Å². The molecule has 0 radical (unpaired) electrons. The first-order valence-corrected chi connectivity index (χ1v) is 8.37. The van der Waals surface area contributed by atoms with E-state index in [0.717, 1.165) is 19.3 Å². The van der Waals surface area contributed by atoms with Crippen LogP contribution < -0.4 is 0 Å². The Labute approximate surface area is 130 Å². The van der Waals surface area contributed by atoms with Crippen LogP contribution in [0.5, 0.6) is 0 Å². The number of carboxylic acid groups (broad SMARTS) is 1. The number of rotatable bonds is 3. The van der Waals surface area contributed by atoms with Gasteiger partial charge in [0.2, 0.25) is 11.8 Å². The third kappa shape index (κ3) is 2.96. The highest BCUT2D eigenvalue weighted by molar-refractivity contribution is 5.89. The number of carbonyl (C=O) groups is 3. The van der Waals surface area contributed by atoms with Gasteiger partial charge in [-0.1, -0.05) is 12.8 Å². The Balaban J connectivity index is 1.60. The molecule has 1 N–H and O–H groups in total. The van der Waals surface area contributed by atoms with Crippen molar-refractivity contribution in [2.45, 2.75) is 51.0 Å². The Morgan fingerprint density at radius 3 is 2.41 bits per heavy atom. The molecule has 2 aliphatic heterocycles. The molecule has 2 amide bonds. The van der Waals surface area contributed by atoms with E-state index in [1.54, 1.807) is 4.90 Å². The van der Waals surface area contributed by atoms with Gasteiger partial charge in [-0.25, -0.2) is 0 Å². The third-order valence-corrected chi connectivity index (χ3v) is 5.36. The van der Waals surface area contributed by atoms with Gasteiger partial charge in [-0.3, -0.25) is 14.4 Å². The van der Waals surface area contributed by atoms with Gasteiger partial charge >= 0.3 is 5.97 Å². The average molecular weight is 308 g/mol. The van der Waals surface area contributed by atoms with Crippen LogP contribution in [0.15, 0.2) is 0 Å². The lowest BCUT2D eigenvalue weighted by Gasteiger charge is -2.32. The number of carbonyl (C=O) groups excluding carboxylic acids is 2. The summed E-state index contributed by atoms with van der Waals surface area (Å²) in [6.07, 6.45) is 6.10. The topological polar surface area (TPSA) is 77.9 Å². The summed E-state index contributed by atoms with van der Waals surface area (Å²) in [4.78, 5) is 39.5. The second-order valence-electron chi connectivity index (χ2n) is 6.85. The molecule has 0 bridgehead atoms. The summed E-state index contributed by atoms with van der Waals surface area (Å²) in [5, 5.41) is 9.13. The van der Waals surface area contributed by atoms with E-state index in [0.29, 0.717) is 38.5 Å². The van der Waals surface area contributed by atoms with Crippen LogP contribution in [0.1, 0.15) is 44.9 Å². The van der Waals surface area contributed by atoms with Gasteiger partial charge < -0.3 is 14.9 Å². The molecular weight excluding hydrogens is 284 g/mol. The summed E-state index contributed by atoms with van der Waals surface area (Å²) in [7, 11) is 0. The molecule has 0 aromatic heterocycles. The van der Waals surface area contributed by atoms with E-state index in [-0.39, 0.29) is 17.7 Å². The fraction of sp³-hybridized carbons (Fsp3) is 0.812. The summed E-state index contributed by atoms with van der Waals surface area (Å²) in [5.74, 6) is -1.49. The van der Waals surface area contributed by atoms with Crippen molar-refractivity contribution in [3.05, 3.63) is 0 Å². The molecule has 0 aromatic carbocycles. The molecule has 1 aliphatic carbocycles. The predicted molar refractivity (Wildman–Crippen MR) is 79.0 cm³/mol. The maximum atomic E-state index is 12.6. The smallest absolute Gasteiger partial charge is 0.308 e. The van der Waals surface area contributed by atoms with Crippen LogP contribution in [-0.4, -0.2) is 58.4 Å². The van der Waals surface area contributed by atoms with Crippen molar-refractivity contribution in [1.29, 1.82) is 0 Å². The summed E-state index contributed by atoms with van der Waals surface area (Å²) in [6, 6.07) is 0.318. The molecule has 3 fully saturated rings. The number of hydrogen-bond acceptors (Lipinski definition) is 3. The molecule has 0 aromatic rings. The quantitative estimate of drug-likeness (QED) is 0.847. The number of nitrogens with zero attached hydrogens (tertiary/aromatic N) is 2. The first-order chi connectivity index (χ1) is 10.6. The van der Waals surface area contributed by atoms with Gasteiger partial charge in [0.05, 0.1) is 11.8 Å². The van der Waals surface area contributed by atoms with Gasteiger partial charge in [0, 0.05) is 32.1 Å². The van der Waals surface area contributed by atoms with Gasteiger partial charge in [-0.2, -0.15) is 0 Å². The van der Waals surface area contributed by atoms with Crippen LogP contribution >= 0.6 is 0 Å². The molecule has 6 heteroatoms. The standard InChI is InChI=1S/C16H24N2O4/c19-14-8-12(10-18(14)13-5-1-2-6-13)15(20)17-7-3-4-11(9-17)16(21)22/h11-13H,1-10H2,(H,21,22)/t11-,12-/m1/s1. The highest BCUT2D eigenvalue weighted by Crippen LogP contribution is 2.31. The Morgan fingerprint density at radius 1 is 1.00 bits per heavy atom. The van der Waals surface area contributed by atoms with Crippen molar-refractivity contribution in [2.75, 3.05) is 19.6 Å². The number of aliphatic carboxylic acids is 1. The number of piperidine rings is 1. The molecule has 2 heterocycles. The molecular formula is C16H24N2O4. The van der Waals surface area contributed by atoms with Gasteiger partial charge in [0.1, 0.15) is 0 Å². The van der Waals surface area contributed by atoms with Crippen LogP contribution in [-0.2, 0) is 14.4 Å². The lowest BCUT2D eigenvalue weighted by atomic mass is 9.96. The molecule has 2 saturated heterocycles. The highest BCUT2D eigenvalue weighted by Gasteiger charge is 2.41. The predicted octanol–water partition coefficient (Wildman–Crippen LogP) is 1.10. The summed E-state index contributed by atoms with van der Waals surface area (Å²) in [5.41, 5.74) is 0. The Hall–Kier alpha value is -1.59. The lowest BCUT2D eigenvalue weighted by Crippen LogP contribution is -2.45. The maximum absolute atomic E-state index is 12.6. The molecule has 3 rings (SSSR count). The first-order valence-electron chi connectivity index (χ1n) is 8.37. The number of amides is 2.